The Morgan fingerprint density at radius 2 is 1.81 bits per heavy atom. The molecule has 0 aliphatic rings. The normalized spacial score (nSPS) is 12.6. The molecule has 0 aliphatic heterocycles. The van der Waals surface area contributed by atoms with Gasteiger partial charge in [0.1, 0.15) is 17.5 Å². The molecule has 2 aromatic carbocycles. The van der Waals surface area contributed by atoms with Crippen LogP contribution in [0.2, 0.25) is 0 Å². The van der Waals surface area contributed by atoms with Gasteiger partial charge in [-0.15, -0.1) is 0 Å². The largest absolute Gasteiger partial charge is 0.497 e. The minimum atomic E-state index is -3.52. The molecule has 0 saturated carbocycles. The fourth-order valence-electron chi connectivity index (χ4n) is 2.75. The van der Waals surface area contributed by atoms with Crippen LogP contribution in [-0.2, 0) is 9.84 Å². The highest BCUT2D eigenvalue weighted by Gasteiger charge is 2.22. The van der Waals surface area contributed by atoms with Crippen LogP contribution < -0.4 is 15.0 Å². The van der Waals surface area contributed by atoms with Crippen LogP contribution in [-0.4, -0.2) is 47.3 Å². The molecular formula is C18H24N3O5S+. The van der Waals surface area contributed by atoms with Crippen LogP contribution >= 0.6 is 0 Å². The van der Waals surface area contributed by atoms with Crippen molar-refractivity contribution in [2.24, 2.45) is 0 Å². The Labute approximate surface area is 158 Å². The second-order valence-electron chi connectivity index (χ2n) is 6.49. The molecule has 0 bridgehead atoms. The number of sulfone groups is 1. The fourth-order valence-corrected chi connectivity index (χ4v) is 3.39. The lowest BCUT2D eigenvalue weighted by Crippen LogP contribution is -3.06. The smallest absolute Gasteiger partial charge is 0.293 e. The molecule has 0 amide bonds. The first-order valence-electron chi connectivity index (χ1n) is 8.30. The highest BCUT2D eigenvalue weighted by atomic mass is 32.2. The topological polar surface area (TPSA) is 103 Å². The molecule has 2 aromatic rings. The van der Waals surface area contributed by atoms with Gasteiger partial charge in [0, 0.05) is 17.9 Å². The van der Waals surface area contributed by atoms with Gasteiger partial charge in [-0.25, -0.2) is 8.42 Å². The van der Waals surface area contributed by atoms with Crippen LogP contribution in [0.5, 0.6) is 5.75 Å². The number of ether oxygens (including phenoxy) is 1. The van der Waals surface area contributed by atoms with E-state index in [0.717, 1.165) is 28.5 Å². The van der Waals surface area contributed by atoms with Crippen molar-refractivity contribution in [1.82, 2.24) is 0 Å². The zero-order valence-electron chi connectivity index (χ0n) is 15.7. The van der Waals surface area contributed by atoms with Crippen molar-refractivity contribution >= 4 is 21.2 Å². The minimum Gasteiger partial charge on any atom is -0.497 e. The van der Waals surface area contributed by atoms with E-state index < -0.39 is 14.8 Å². The number of rotatable bonds is 8. The quantitative estimate of drug-likeness (QED) is 0.517. The van der Waals surface area contributed by atoms with Crippen LogP contribution in [0, 0.1) is 10.1 Å². The van der Waals surface area contributed by atoms with Crippen molar-refractivity contribution in [3.05, 3.63) is 58.1 Å². The monoisotopic (exact) mass is 394 g/mol. The number of nitro benzene ring substituents is 1. The van der Waals surface area contributed by atoms with Gasteiger partial charge in [0.2, 0.25) is 0 Å². The zero-order valence-corrected chi connectivity index (χ0v) is 16.5. The van der Waals surface area contributed by atoms with Gasteiger partial charge in [-0.1, -0.05) is 0 Å². The summed E-state index contributed by atoms with van der Waals surface area (Å²) in [5.74, 6) is 0.756. The number of nitrogens with zero attached hydrogens (tertiary/aromatic N) is 1. The van der Waals surface area contributed by atoms with Gasteiger partial charge in [0.15, 0.2) is 9.84 Å². The van der Waals surface area contributed by atoms with E-state index in [1.165, 1.54) is 12.1 Å². The molecule has 146 valence electrons. The summed E-state index contributed by atoms with van der Waals surface area (Å²) in [6.07, 6.45) is 1.02. The molecule has 0 heterocycles. The molecule has 0 saturated heterocycles. The maximum atomic E-state index is 11.7. The molecule has 27 heavy (non-hydrogen) atoms. The lowest BCUT2D eigenvalue weighted by Gasteiger charge is -2.23. The first-order chi connectivity index (χ1) is 12.6. The number of nitrogens with one attached hydrogen (secondary N) is 2. The molecule has 0 aliphatic carbocycles. The maximum Gasteiger partial charge on any atom is 0.293 e. The Morgan fingerprint density at radius 1 is 1.19 bits per heavy atom. The highest BCUT2D eigenvalue weighted by Crippen LogP contribution is 2.28. The second kappa shape index (κ2) is 8.36. The average Bonchev–Trinajstić information content (AvgIpc) is 2.61. The fraction of sp³-hybridized carbons (Fsp3) is 0.333. The molecule has 0 radical (unpaired) electrons. The first-order valence-corrected chi connectivity index (χ1v) is 10.2. The lowest BCUT2D eigenvalue weighted by molar-refractivity contribution is -0.890. The van der Waals surface area contributed by atoms with Crippen molar-refractivity contribution in [3.63, 3.8) is 0 Å². The van der Waals surface area contributed by atoms with E-state index in [1.807, 2.05) is 38.4 Å². The summed E-state index contributed by atoms with van der Waals surface area (Å²) in [5.41, 5.74) is 1.08. The van der Waals surface area contributed by atoms with E-state index >= 15 is 0 Å². The third-order valence-electron chi connectivity index (χ3n) is 4.31. The predicted molar refractivity (Wildman–Crippen MR) is 103 cm³/mol. The Bertz CT molecular complexity index is 911. The van der Waals surface area contributed by atoms with E-state index in [1.54, 1.807) is 7.11 Å². The molecular weight excluding hydrogens is 370 g/mol. The number of hydrogen-bond acceptors (Lipinski definition) is 6. The van der Waals surface area contributed by atoms with Gasteiger partial charge in [-0.2, -0.15) is 0 Å². The van der Waals surface area contributed by atoms with E-state index in [9.17, 15) is 18.5 Å². The SMILES string of the molecule is COc1ccc([C@H](CNc2ccc(S(C)(=O)=O)cc2[N+](=O)[O-])[NH+](C)C)cc1. The molecule has 0 unspecified atom stereocenters. The van der Waals surface area contributed by atoms with E-state index in [4.69, 9.17) is 4.74 Å². The van der Waals surface area contributed by atoms with Crippen molar-refractivity contribution in [2.45, 2.75) is 10.9 Å². The van der Waals surface area contributed by atoms with Crippen LogP contribution in [0.15, 0.2) is 47.4 Å². The van der Waals surface area contributed by atoms with Gasteiger partial charge in [-0.3, -0.25) is 10.1 Å². The molecule has 0 spiro atoms. The summed E-state index contributed by atoms with van der Waals surface area (Å²) in [5, 5.41) is 14.5. The Morgan fingerprint density at radius 3 is 2.30 bits per heavy atom. The Kier molecular flexibility index (Phi) is 6.40. The van der Waals surface area contributed by atoms with Crippen molar-refractivity contribution < 1.29 is 23.0 Å². The van der Waals surface area contributed by atoms with Crippen molar-refractivity contribution in [1.29, 1.82) is 0 Å². The van der Waals surface area contributed by atoms with Gasteiger partial charge < -0.3 is 15.0 Å². The summed E-state index contributed by atoms with van der Waals surface area (Å²) in [7, 11) is 2.08. The van der Waals surface area contributed by atoms with Crippen molar-refractivity contribution in [3.8, 4) is 5.75 Å². The summed E-state index contributed by atoms with van der Waals surface area (Å²) in [6.45, 7) is 0.438. The zero-order chi connectivity index (χ0) is 20.2. The summed E-state index contributed by atoms with van der Waals surface area (Å²) >= 11 is 0. The molecule has 0 fully saturated rings. The molecule has 2 rings (SSSR count). The standard InChI is InChI=1S/C18H23N3O5S/c1-20(2)18(13-5-7-14(26-3)8-6-13)12-19-16-10-9-15(27(4,24)25)11-17(16)21(22)23/h5-11,18-19H,12H2,1-4H3/p+1/t18-/m0/s1. The predicted octanol–water partition coefficient (Wildman–Crippen LogP) is 1.30. The minimum absolute atomic E-state index is 0.0325. The maximum absolute atomic E-state index is 11.7. The van der Waals surface area contributed by atoms with Gasteiger partial charge in [-0.05, 0) is 36.4 Å². The number of methoxy groups -OCH3 is 1. The Balaban J connectivity index is 2.27. The number of hydrogen-bond donors (Lipinski definition) is 2. The average molecular weight is 394 g/mol. The summed E-state index contributed by atoms with van der Waals surface area (Å²) in [6, 6.07) is 11.6. The number of nitro groups is 1. The molecule has 8 nitrogen and oxygen atoms in total. The number of quaternary nitrogens is 1. The molecule has 2 N–H and O–H groups in total. The number of benzene rings is 2. The van der Waals surface area contributed by atoms with Gasteiger partial charge >= 0.3 is 0 Å². The third-order valence-corrected chi connectivity index (χ3v) is 5.42. The second-order valence-corrected chi connectivity index (χ2v) is 8.51. The third kappa shape index (κ3) is 5.18. The van der Waals surface area contributed by atoms with E-state index in [-0.39, 0.29) is 22.3 Å². The van der Waals surface area contributed by atoms with Crippen LogP contribution in [0.3, 0.4) is 0 Å². The summed E-state index contributed by atoms with van der Waals surface area (Å²) in [4.78, 5) is 11.9. The first kappa shape index (κ1) is 20.7. The van der Waals surface area contributed by atoms with Gasteiger partial charge in [0.25, 0.3) is 5.69 Å². The van der Waals surface area contributed by atoms with Crippen molar-refractivity contribution in [2.75, 3.05) is 39.3 Å². The van der Waals surface area contributed by atoms with Crippen LogP contribution in [0.25, 0.3) is 0 Å². The lowest BCUT2D eigenvalue weighted by atomic mass is 10.1. The van der Waals surface area contributed by atoms with E-state index in [2.05, 4.69) is 5.32 Å². The molecule has 1 atom stereocenters. The highest BCUT2D eigenvalue weighted by molar-refractivity contribution is 7.90. The molecule has 9 heteroatoms. The summed E-state index contributed by atoms with van der Waals surface area (Å²) < 4.78 is 28.5. The number of anilines is 1. The van der Waals surface area contributed by atoms with Gasteiger partial charge in [0.05, 0.1) is 37.6 Å². The van der Waals surface area contributed by atoms with E-state index in [0.29, 0.717) is 6.54 Å². The molecule has 0 aromatic heterocycles. The van der Waals surface area contributed by atoms with Crippen LogP contribution in [0.1, 0.15) is 11.6 Å². The van der Waals surface area contributed by atoms with Crippen LogP contribution in [0.4, 0.5) is 11.4 Å². The number of likely N-dealkylation sites (N-methyl/N-ethyl adjacent to an activating group) is 1. The Hall–Kier alpha value is -2.65.